The van der Waals surface area contributed by atoms with E-state index in [1.165, 1.54) is 36.4 Å². The molecule has 0 aliphatic carbocycles. The molecule has 1 aliphatic heterocycles. The predicted molar refractivity (Wildman–Crippen MR) is 181 cm³/mol. The molecular weight excluding hydrogens is 665 g/mol. The van der Waals surface area contributed by atoms with Gasteiger partial charge in [0.25, 0.3) is 5.69 Å². The van der Waals surface area contributed by atoms with E-state index in [1.807, 2.05) is 0 Å². The van der Waals surface area contributed by atoms with Gasteiger partial charge in [-0.3, -0.25) is 29.3 Å². The molecule has 17 heteroatoms. The van der Waals surface area contributed by atoms with E-state index in [-0.39, 0.29) is 17.9 Å². The number of hydrogen-bond donors (Lipinski definition) is 7. The zero-order valence-electron chi connectivity index (χ0n) is 27.0. The average molecular weight is 705 g/mol. The van der Waals surface area contributed by atoms with E-state index in [1.54, 1.807) is 46.8 Å². The maximum Gasteiger partial charge on any atom is 0.327 e. The van der Waals surface area contributed by atoms with Crippen molar-refractivity contribution in [3.63, 3.8) is 0 Å². The highest BCUT2D eigenvalue weighted by Gasteiger charge is 2.45. The lowest BCUT2D eigenvalue weighted by molar-refractivity contribution is -0.384. The Morgan fingerprint density at radius 2 is 1.58 bits per heavy atom. The maximum absolute atomic E-state index is 13.6. The maximum atomic E-state index is 13.6. The number of nitro groups is 1. The molecule has 1 saturated heterocycles. The SMILES string of the molecule is C[C@H](c1ccc([N+](=O)[O-])cc1)[C@@H]1NC(=O)CNC(=O)[C@H](NC(=O)[C@@H](N)Cc2ccc(O)cc2)C(C)(C)SSC(C)(C)C(C(=O)O)NC1=O. The average Bonchev–Trinajstić information content (AvgIpc) is 3.02. The topological polar surface area (TPSA) is 243 Å². The fourth-order valence-electron chi connectivity index (χ4n) is 4.86. The lowest BCUT2D eigenvalue weighted by Crippen LogP contribution is -2.62. The summed E-state index contributed by atoms with van der Waals surface area (Å²) < 4.78 is -2.29. The number of non-ortho nitro benzene ring substituents is 1. The molecule has 1 unspecified atom stereocenters. The number of nitrogens with zero attached hydrogens (tertiary/aromatic N) is 1. The van der Waals surface area contributed by atoms with E-state index in [2.05, 4.69) is 21.3 Å². The minimum Gasteiger partial charge on any atom is -0.508 e. The lowest BCUT2D eigenvalue weighted by Gasteiger charge is -2.38. The van der Waals surface area contributed by atoms with Crippen LogP contribution in [0.5, 0.6) is 5.75 Å². The quantitative estimate of drug-likeness (QED) is 0.118. The molecule has 1 aliphatic rings. The first-order chi connectivity index (χ1) is 22.3. The molecule has 1 heterocycles. The van der Waals surface area contributed by atoms with Crippen molar-refractivity contribution in [2.24, 2.45) is 5.73 Å². The second-order valence-corrected chi connectivity index (χ2v) is 15.9. The van der Waals surface area contributed by atoms with E-state index in [0.717, 1.165) is 21.6 Å². The van der Waals surface area contributed by atoms with Gasteiger partial charge >= 0.3 is 5.97 Å². The van der Waals surface area contributed by atoms with Gasteiger partial charge in [-0.05, 0) is 57.4 Å². The van der Waals surface area contributed by atoms with E-state index < -0.39 is 80.6 Å². The highest BCUT2D eigenvalue weighted by atomic mass is 33.1. The van der Waals surface area contributed by atoms with Crippen LogP contribution >= 0.6 is 21.6 Å². The van der Waals surface area contributed by atoms with Crippen LogP contribution in [0, 0.1) is 10.1 Å². The summed E-state index contributed by atoms with van der Waals surface area (Å²) in [5, 5.41) is 41.2. The number of amides is 4. The first-order valence-corrected chi connectivity index (χ1v) is 17.0. The number of nitrogens with one attached hydrogen (secondary N) is 4. The number of carbonyl (C=O) groups excluding carboxylic acids is 4. The van der Waals surface area contributed by atoms with E-state index in [9.17, 15) is 44.3 Å². The highest BCUT2D eigenvalue weighted by Crippen LogP contribution is 2.46. The Labute approximate surface area is 285 Å². The number of benzene rings is 2. The molecule has 0 spiro atoms. The number of aliphatic carboxylic acids is 1. The van der Waals surface area contributed by atoms with Gasteiger partial charge in [0.1, 0.15) is 23.9 Å². The Bertz CT molecular complexity index is 1540. The number of carbonyl (C=O) groups is 5. The van der Waals surface area contributed by atoms with Crippen molar-refractivity contribution in [3.8, 4) is 5.75 Å². The molecule has 0 radical (unpaired) electrons. The van der Waals surface area contributed by atoms with Crippen LogP contribution in [0.25, 0.3) is 0 Å². The summed E-state index contributed by atoms with van der Waals surface area (Å²) in [5.74, 6) is -5.04. The third kappa shape index (κ3) is 9.84. The lowest BCUT2D eigenvalue weighted by atomic mass is 9.91. The number of carboxylic acids is 1. The predicted octanol–water partition coefficient (Wildman–Crippen LogP) is 1.58. The molecule has 0 saturated carbocycles. The number of nitrogens with two attached hydrogens (primary N) is 1. The van der Waals surface area contributed by atoms with Gasteiger partial charge in [-0.25, -0.2) is 4.79 Å². The van der Waals surface area contributed by atoms with Crippen molar-refractivity contribution in [2.75, 3.05) is 6.54 Å². The van der Waals surface area contributed by atoms with Crippen molar-refractivity contribution in [2.45, 2.75) is 80.6 Å². The molecule has 8 N–H and O–H groups in total. The van der Waals surface area contributed by atoms with Gasteiger partial charge in [-0.1, -0.05) is 52.8 Å². The van der Waals surface area contributed by atoms with Crippen LogP contribution in [0.2, 0.25) is 0 Å². The Morgan fingerprint density at radius 3 is 2.15 bits per heavy atom. The molecule has 4 amide bonds. The summed E-state index contributed by atoms with van der Waals surface area (Å²) in [5.41, 5.74) is 7.12. The summed E-state index contributed by atoms with van der Waals surface area (Å²) in [4.78, 5) is 76.7. The first kappa shape index (κ1) is 38.1. The van der Waals surface area contributed by atoms with Crippen LogP contribution in [0.1, 0.15) is 51.7 Å². The summed E-state index contributed by atoms with van der Waals surface area (Å²) in [6, 6.07) is 6.38. The second kappa shape index (κ2) is 15.7. The molecule has 5 atom stereocenters. The molecule has 260 valence electrons. The molecule has 2 aromatic rings. The molecule has 48 heavy (non-hydrogen) atoms. The van der Waals surface area contributed by atoms with Crippen LogP contribution in [0.4, 0.5) is 5.69 Å². The van der Waals surface area contributed by atoms with Gasteiger partial charge in [-0.15, -0.1) is 0 Å². The summed E-state index contributed by atoms with van der Waals surface area (Å²) in [7, 11) is 2.21. The normalized spacial score (nSPS) is 22.9. The van der Waals surface area contributed by atoms with Crippen LogP contribution in [-0.4, -0.2) is 84.9 Å². The van der Waals surface area contributed by atoms with E-state index >= 15 is 0 Å². The molecule has 3 rings (SSSR count). The van der Waals surface area contributed by atoms with E-state index in [4.69, 9.17) is 5.73 Å². The van der Waals surface area contributed by atoms with Gasteiger partial charge in [0, 0.05) is 22.8 Å². The number of hydrogen-bond acceptors (Lipinski definition) is 11. The molecule has 0 bridgehead atoms. The van der Waals surface area contributed by atoms with Crippen molar-refractivity contribution in [1.82, 2.24) is 21.3 Å². The van der Waals surface area contributed by atoms with Crippen LogP contribution in [-0.2, 0) is 30.4 Å². The number of phenolic OH excluding ortho intramolecular Hbond substituents is 1. The molecule has 2 aromatic carbocycles. The fraction of sp³-hybridized carbons (Fsp3) is 0.452. The molecule has 15 nitrogen and oxygen atoms in total. The number of rotatable bonds is 8. The zero-order chi connectivity index (χ0) is 36.0. The highest BCUT2D eigenvalue weighted by molar-refractivity contribution is 8.77. The third-order valence-electron chi connectivity index (χ3n) is 7.82. The number of aromatic hydroxyl groups is 1. The van der Waals surface area contributed by atoms with Crippen LogP contribution in [0.15, 0.2) is 48.5 Å². The minimum atomic E-state index is -1.47. The Kier molecular flexibility index (Phi) is 12.5. The largest absolute Gasteiger partial charge is 0.508 e. The second-order valence-electron chi connectivity index (χ2n) is 12.5. The van der Waals surface area contributed by atoms with Gasteiger partial charge in [0.15, 0.2) is 0 Å². The van der Waals surface area contributed by atoms with Crippen molar-refractivity contribution < 1.29 is 39.1 Å². The van der Waals surface area contributed by atoms with Gasteiger partial charge in [0.05, 0.1) is 22.3 Å². The number of carboxylic acid groups (broad SMARTS) is 1. The van der Waals surface area contributed by atoms with Gasteiger partial charge < -0.3 is 37.2 Å². The van der Waals surface area contributed by atoms with Crippen molar-refractivity contribution in [3.05, 3.63) is 69.8 Å². The number of nitro benzene ring substituents is 1. The third-order valence-corrected chi connectivity index (χ3v) is 12.1. The standard InChI is InChI=1S/C31H40N6O9S2/c1-16(18-8-10-19(11-9-18)37(45)46)23-27(41)36-25(29(43)44)31(4,5)48-47-30(2,3)24(28(42)33-15-22(39)34-23)35-26(40)21(32)14-17-6-12-20(38)13-7-17/h6-13,16,21,23-25,38H,14-15,32H2,1-5H3,(H,33,42)(H,34,39)(H,35,40)(H,36,41)(H,43,44)/t16-,21+,23+,24+,25?/m1/s1. The summed E-state index contributed by atoms with van der Waals surface area (Å²) in [6.45, 7) is 7.52. The Balaban J connectivity index is 1.93. The van der Waals surface area contributed by atoms with Gasteiger partial charge in [-0.2, -0.15) is 0 Å². The van der Waals surface area contributed by atoms with Crippen molar-refractivity contribution >= 4 is 56.9 Å². The Morgan fingerprint density at radius 1 is 1.00 bits per heavy atom. The fourth-order valence-corrected chi connectivity index (χ4v) is 7.68. The minimum absolute atomic E-state index is 0.0493. The van der Waals surface area contributed by atoms with Crippen LogP contribution in [0.3, 0.4) is 0 Å². The monoisotopic (exact) mass is 704 g/mol. The van der Waals surface area contributed by atoms with E-state index in [0.29, 0.717) is 11.1 Å². The molecule has 1 fully saturated rings. The zero-order valence-corrected chi connectivity index (χ0v) is 28.6. The Hall–Kier alpha value is -4.35. The number of phenols is 1. The van der Waals surface area contributed by atoms with Crippen LogP contribution < -0.4 is 27.0 Å². The summed E-state index contributed by atoms with van der Waals surface area (Å²) in [6.07, 6.45) is 0.104. The molecular formula is C31H40N6O9S2. The summed E-state index contributed by atoms with van der Waals surface area (Å²) >= 11 is 0. The first-order valence-electron chi connectivity index (χ1n) is 14.9. The smallest absolute Gasteiger partial charge is 0.327 e. The van der Waals surface area contributed by atoms with Crippen molar-refractivity contribution in [1.29, 1.82) is 0 Å². The van der Waals surface area contributed by atoms with Gasteiger partial charge in [0.2, 0.25) is 23.6 Å². The molecule has 0 aromatic heterocycles.